The second-order valence-corrected chi connectivity index (χ2v) is 12.9. The number of carboxylic acid groups (broad SMARTS) is 1. The lowest BCUT2D eigenvalue weighted by Crippen LogP contribution is -2.57. The highest BCUT2D eigenvalue weighted by atomic mass is 32.1. The Hall–Kier alpha value is -5.08. The Morgan fingerprint density at radius 3 is 2.49 bits per heavy atom. The molecule has 1 aromatic carbocycles. The quantitative estimate of drug-likeness (QED) is 0.121. The van der Waals surface area contributed by atoms with E-state index in [2.05, 4.69) is 11.9 Å². The Bertz CT molecular complexity index is 1830. The lowest BCUT2D eigenvalue weighted by molar-refractivity contribution is -0.159. The molecule has 6 rings (SSSR count). The molecule has 3 amide bonds. The van der Waals surface area contributed by atoms with Crippen LogP contribution < -0.4 is 10.1 Å². The van der Waals surface area contributed by atoms with E-state index in [0.29, 0.717) is 21.8 Å². The molecular formula is C33H33N5O8S. The predicted molar refractivity (Wildman–Crippen MR) is 169 cm³/mol. The van der Waals surface area contributed by atoms with Gasteiger partial charge in [0.2, 0.25) is 17.7 Å². The first kappa shape index (κ1) is 31.9. The molecule has 1 saturated carbocycles. The van der Waals surface area contributed by atoms with Gasteiger partial charge in [0, 0.05) is 12.3 Å². The number of hydrogen-bond donors (Lipinski definition) is 3. The summed E-state index contributed by atoms with van der Waals surface area (Å²) in [6.07, 6.45) is 2.10. The van der Waals surface area contributed by atoms with E-state index in [4.69, 9.17) is 19.1 Å². The molecule has 3 aromatic heterocycles. The van der Waals surface area contributed by atoms with Crippen molar-refractivity contribution < 1.29 is 38.6 Å². The van der Waals surface area contributed by atoms with Crippen LogP contribution in [-0.4, -0.2) is 84.2 Å². The standard InChI is InChI=1S/C33H33N5O8S/c1-4-19-16-33(19,32(42)43)36-28(39)23-15-20(17-37(23)31(41)27(18(2)3)38(44)30(40)24-11-7-13-45-24)46-29-26(25-12-8-14-47-25)34-21-9-5-6-10-22(21)35-29/h4-14,18-20,23,27,44H,1,15-17H2,2-3H3,(H,36,39)(H,42,43)/t19-,20-,23+,27?,33?/m1/s1. The van der Waals surface area contributed by atoms with Crippen LogP contribution in [-0.2, 0) is 14.4 Å². The summed E-state index contributed by atoms with van der Waals surface area (Å²) in [5, 5.41) is 25.8. The number of hydrogen-bond acceptors (Lipinski definition) is 10. The number of para-hydroxylation sites is 2. The average Bonchev–Trinajstić information content (AvgIpc) is 3.55. The van der Waals surface area contributed by atoms with Crippen molar-refractivity contribution in [2.24, 2.45) is 11.8 Å². The van der Waals surface area contributed by atoms with E-state index in [1.807, 2.05) is 35.7 Å². The zero-order chi connectivity index (χ0) is 33.5. The van der Waals surface area contributed by atoms with Crippen LogP contribution in [0.2, 0.25) is 0 Å². The third-order valence-electron chi connectivity index (χ3n) is 8.54. The molecule has 13 nitrogen and oxygen atoms in total. The van der Waals surface area contributed by atoms with Gasteiger partial charge in [-0.2, -0.15) is 0 Å². The minimum Gasteiger partial charge on any atom is -0.479 e. The van der Waals surface area contributed by atoms with Gasteiger partial charge < -0.3 is 24.5 Å². The molecule has 47 heavy (non-hydrogen) atoms. The number of fused-ring (bicyclic) bond motifs is 1. The lowest BCUT2D eigenvalue weighted by Gasteiger charge is -2.33. The first-order valence-electron chi connectivity index (χ1n) is 15.1. The van der Waals surface area contributed by atoms with E-state index >= 15 is 0 Å². The molecule has 5 atom stereocenters. The van der Waals surface area contributed by atoms with E-state index in [1.54, 1.807) is 19.9 Å². The molecule has 4 aromatic rings. The Morgan fingerprint density at radius 1 is 1.15 bits per heavy atom. The molecule has 0 spiro atoms. The fraction of sp³-hybridized carbons (Fsp3) is 0.333. The third-order valence-corrected chi connectivity index (χ3v) is 9.41. The van der Waals surface area contributed by atoms with Crippen molar-refractivity contribution in [3.05, 3.63) is 78.6 Å². The van der Waals surface area contributed by atoms with Crippen molar-refractivity contribution in [2.75, 3.05) is 6.54 Å². The van der Waals surface area contributed by atoms with Gasteiger partial charge in [0.15, 0.2) is 5.76 Å². The van der Waals surface area contributed by atoms with Crippen LogP contribution in [0.25, 0.3) is 21.6 Å². The number of aliphatic carboxylic acids is 1. The van der Waals surface area contributed by atoms with Crippen molar-refractivity contribution in [1.82, 2.24) is 25.2 Å². The number of aromatic nitrogens is 2. The lowest BCUT2D eigenvalue weighted by atomic mass is 10.0. The minimum atomic E-state index is -1.54. The highest BCUT2D eigenvalue weighted by Gasteiger charge is 2.61. The predicted octanol–water partition coefficient (Wildman–Crippen LogP) is 4.00. The Balaban J connectivity index is 1.33. The van der Waals surface area contributed by atoms with Gasteiger partial charge in [-0.15, -0.1) is 17.9 Å². The van der Waals surface area contributed by atoms with Crippen molar-refractivity contribution in [3.8, 4) is 16.5 Å². The fourth-order valence-electron chi connectivity index (χ4n) is 5.97. The summed E-state index contributed by atoms with van der Waals surface area (Å²) in [4.78, 5) is 64.8. The Labute approximate surface area is 273 Å². The number of furan rings is 1. The van der Waals surface area contributed by atoms with Gasteiger partial charge in [-0.3, -0.25) is 19.6 Å². The number of thiophene rings is 1. The number of carbonyl (C=O) groups is 4. The van der Waals surface area contributed by atoms with E-state index < -0.39 is 59.3 Å². The molecule has 14 heteroatoms. The summed E-state index contributed by atoms with van der Waals surface area (Å²) in [6.45, 7) is 6.85. The molecule has 1 aliphatic heterocycles. The first-order chi connectivity index (χ1) is 22.5. The van der Waals surface area contributed by atoms with Crippen molar-refractivity contribution in [1.29, 1.82) is 0 Å². The molecule has 2 fully saturated rings. The number of hydroxylamine groups is 2. The molecule has 0 bridgehead atoms. The fourth-order valence-corrected chi connectivity index (χ4v) is 6.68. The van der Waals surface area contributed by atoms with Crippen LogP contribution in [0.15, 0.2) is 77.2 Å². The van der Waals surface area contributed by atoms with E-state index in [-0.39, 0.29) is 31.0 Å². The second-order valence-electron chi connectivity index (χ2n) is 12.0. The molecular weight excluding hydrogens is 626 g/mol. The van der Waals surface area contributed by atoms with E-state index in [1.165, 1.54) is 40.7 Å². The number of likely N-dealkylation sites (tertiary alicyclic amines) is 1. The topological polar surface area (TPSA) is 175 Å². The molecule has 1 aliphatic carbocycles. The van der Waals surface area contributed by atoms with Crippen LogP contribution >= 0.6 is 11.3 Å². The summed E-state index contributed by atoms with van der Waals surface area (Å²) >= 11 is 1.45. The molecule has 3 N–H and O–H groups in total. The van der Waals surface area contributed by atoms with Gasteiger partial charge in [-0.1, -0.05) is 38.1 Å². The number of carbonyl (C=O) groups excluding carboxylic acids is 3. The average molecular weight is 660 g/mol. The number of carboxylic acids is 1. The number of nitrogens with zero attached hydrogens (tertiary/aromatic N) is 4. The largest absolute Gasteiger partial charge is 0.479 e. The molecule has 244 valence electrons. The second kappa shape index (κ2) is 12.6. The molecule has 0 radical (unpaired) electrons. The maximum atomic E-state index is 14.2. The molecule has 1 saturated heterocycles. The van der Waals surface area contributed by atoms with Crippen LogP contribution in [0.5, 0.6) is 5.88 Å². The normalized spacial score (nSPS) is 22.6. The zero-order valence-electron chi connectivity index (χ0n) is 25.6. The first-order valence-corrected chi connectivity index (χ1v) is 15.9. The van der Waals surface area contributed by atoms with Crippen LogP contribution in [0, 0.1) is 11.8 Å². The summed E-state index contributed by atoms with van der Waals surface area (Å²) < 4.78 is 11.5. The van der Waals surface area contributed by atoms with Gasteiger partial charge >= 0.3 is 11.9 Å². The number of rotatable bonds is 11. The van der Waals surface area contributed by atoms with Gasteiger partial charge in [0.1, 0.15) is 29.4 Å². The molecule has 2 aliphatic rings. The smallest absolute Gasteiger partial charge is 0.330 e. The van der Waals surface area contributed by atoms with Crippen LogP contribution in [0.1, 0.15) is 37.2 Å². The number of ether oxygens (including phenoxy) is 1. The summed E-state index contributed by atoms with van der Waals surface area (Å²) in [5.74, 6) is -4.61. The maximum Gasteiger partial charge on any atom is 0.330 e. The Kier molecular flexibility index (Phi) is 8.55. The number of benzene rings is 1. The van der Waals surface area contributed by atoms with Crippen LogP contribution in [0.3, 0.4) is 0 Å². The summed E-state index contributed by atoms with van der Waals surface area (Å²) in [6, 6.07) is 11.3. The summed E-state index contributed by atoms with van der Waals surface area (Å²) in [7, 11) is 0. The van der Waals surface area contributed by atoms with E-state index in [9.17, 15) is 29.5 Å². The van der Waals surface area contributed by atoms with Crippen molar-refractivity contribution in [3.63, 3.8) is 0 Å². The SMILES string of the molecule is C=C[C@@H]1CC1(NC(=O)[C@@H]1C[C@@H](Oc2nc3ccccc3nc2-c2cccs2)CN1C(=O)C(C(C)C)N(O)C(=O)c1ccco1)C(=O)O. The Morgan fingerprint density at radius 2 is 1.89 bits per heavy atom. The third kappa shape index (κ3) is 5.97. The van der Waals surface area contributed by atoms with Gasteiger partial charge in [0.05, 0.1) is 28.7 Å². The van der Waals surface area contributed by atoms with Crippen LogP contribution in [0.4, 0.5) is 0 Å². The monoisotopic (exact) mass is 659 g/mol. The maximum absolute atomic E-state index is 14.2. The minimum absolute atomic E-state index is 0.0210. The van der Waals surface area contributed by atoms with E-state index in [0.717, 1.165) is 4.88 Å². The van der Waals surface area contributed by atoms with Crippen molar-refractivity contribution >= 4 is 46.1 Å². The summed E-state index contributed by atoms with van der Waals surface area (Å²) in [5.41, 5.74) is 0.195. The highest BCUT2D eigenvalue weighted by molar-refractivity contribution is 7.13. The molecule has 2 unspecified atom stereocenters. The van der Waals surface area contributed by atoms with Crippen molar-refractivity contribution in [2.45, 2.75) is 50.4 Å². The molecule has 4 heterocycles. The highest BCUT2D eigenvalue weighted by Crippen LogP contribution is 2.45. The van der Waals surface area contributed by atoms with Gasteiger partial charge in [-0.25, -0.2) is 19.8 Å². The number of amides is 3. The number of nitrogens with one attached hydrogen (secondary N) is 1. The van der Waals surface area contributed by atoms with Gasteiger partial charge in [0.25, 0.3) is 0 Å². The van der Waals surface area contributed by atoms with Gasteiger partial charge in [-0.05, 0) is 48.1 Å². The zero-order valence-corrected chi connectivity index (χ0v) is 26.4.